The lowest BCUT2D eigenvalue weighted by molar-refractivity contribution is -0.384. The molecule has 0 bridgehead atoms. The second kappa shape index (κ2) is 8.08. The fourth-order valence-electron chi connectivity index (χ4n) is 1.52. The van der Waals surface area contributed by atoms with Crippen molar-refractivity contribution in [2.24, 2.45) is 0 Å². The van der Waals surface area contributed by atoms with Crippen molar-refractivity contribution in [3.8, 4) is 0 Å². The summed E-state index contributed by atoms with van der Waals surface area (Å²) in [5, 5.41) is 13.4. The number of nitrogen functional groups attached to an aromatic ring is 1. The van der Waals surface area contributed by atoms with Gasteiger partial charge in [0.25, 0.3) is 5.91 Å². The smallest absolute Gasteiger partial charge is 0.304 e. The van der Waals surface area contributed by atoms with E-state index in [4.69, 9.17) is 15.2 Å². The van der Waals surface area contributed by atoms with Crippen LogP contribution < -0.4 is 11.1 Å². The zero-order chi connectivity index (χ0) is 15.0. The average Bonchev–Trinajstić information content (AvgIpc) is 2.41. The van der Waals surface area contributed by atoms with E-state index in [-0.39, 0.29) is 23.5 Å². The Balaban J connectivity index is 2.56. The molecule has 1 rings (SSSR count). The minimum Gasteiger partial charge on any atom is -0.393 e. The van der Waals surface area contributed by atoms with Crippen molar-refractivity contribution in [2.45, 2.75) is 0 Å². The third-order valence-corrected chi connectivity index (χ3v) is 2.46. The first-order valence-electron chi connectivity index (χ1n) is 5.95. The number of para-hydroxylation sites is 1. The van der Waals surface area contributed by atoms with E-state index >= 15 is 0 Å². The number of amides is 1. The van der Waals surface area contributed by atoms with E-state index in [9.17, 15) is 14.9 Å². The number of nitrogens with two attached hydrogens (primary N) is 1. The Morgan fingerprint density at radius 1 is 1.40 bits per heavy atom. The summed E-state index contributed by atoms with van der Waals surface area (Å²) in [6.07, 6.45) is 0. The Kier molecular flexibility index (Phi) is 6.41. The molecular formula is C12H17N3O5. The molecule has 1 amide bonds. The zero-order valence-corrected chi connectivity index (χ0v) is 11.1. The number of anilines is 1. The molecule has 0 aliphatic carbocycles. The Morgan fingerprint density at radius 3 is 2.80 bits per heavy atom. The second-order valence-electron chi connectivity index (χ2n) is 3.86. The molecule has 20 heavy (non-hydrogen) atoms. The van der Waals surface area contributed by atoms with E-state index in [2.05, 4.69) is 5.32 Å². The molecule has 1 aromatic rings. The maximum absolute atomic E-state index is 11.9. The van der Waals surface area contributed by atoms with Crippen LogP contribution in [0.2, 0.25) is 0 Å². The molecule has 1 aromatic carbocycles. The fourth-order valence-corrected chi connectivity index (χ4v) is 1.52. The van der Waals surface area contributed by atoms with Gasteiger partial charge in [0.1, 0.15) is 11.3 Å². The Bertz CT molecular complexity index is 478. The van der Waals surface area contributed by atoms with Crippen molar-refractivity contribution >= 4 is 17.3 Å². The van der Waals surface area contributed by atoms with Gasteiger partial charge in [-0.2, -0.15) is 0 Å². The van der Waals surface area contributed by atoms with Crippen molar-refractivity contribution in [1.82, 2.24) is 5.32 Å². The highest BCUT2D eigenvalue weighted by Gasteiger charge is 2.22. The van der Waals surface area contributed by atoms with Gasteiger partial charge in [-0.15, -0.1) is 0 Å². The molecule has 0 spiro atoms. The third-order valence-electron chi connectivity index (χ3n) is 2.46. The van der Waals surface area contributed by atoms with Crippen LogP contribution in [0.1, 0.15) is 10.4 Å². The minimum atomic E-state index is -0.667. The molecule has 0 aromatic heterocycles. The maximum Gasteiger partial charge on any atom is 0.304 e. The molecule has 0 heterocycles. The van der Waals surface area contributed by atoms with E-state index in [1.54, 1.807) is 7.11 Å². The van der Waals surface area contributed by atoms with Gasteiger partial charge in [-0.3, -0.25) is 14.9 Å². The van der Waals surface area contributed by atoms with Gasteiger partial charge in [0.05, 0.1) is 24.7 Å². The van der Waals surface area contributed by atoms with Crippen LogP contribution in [0.25, 0.3) is 0 Å². The lowest BCUT2D eigenvalue weighted by Crippen LogP contribution is -2.28. The summed E-state index contributed by atoms with van der Waals surface area (Å²) in [4.78, 5) is 22.1. The molecule has 0 saturated carbocycles. The highest BCUT2D eigenvalue weighted by molar-refractivity contribution is 6.00. The summed E-state index contributed by atoms with van der Waals surface area (Å²) in [6, 6.07) is 4.23. The summed E-state index contributed by atoms with van der Waals surface area (Å²) in [5.74, 6) is -0.556. The molecule has 3 N–H and O–H groups in total. The van der Waals surface area contributed by atoms with Crippen LogP contribution in [0.5, 0.6) is 0 Å². The quantitative estimate of drug-likeness (QED) is 0.312. The Morgan fingerprint density at radius 2 is 2.15 bits per heavy atom. The molecule has 0 radical (unpaired) electrons. The van der Waals surface area contributed by atoms with Crippen molar-refractivity contribution in [2.75, 3.05) is 39.2 Å². The molecule has 0 unspecified atom stereocenters. The van der Waals surface area contributed by atoms with Crippen LogP contribution >= 0.6 is 0 Å². The molecule has 0 aliphatic heterocycles. The molecule has 0 aliphatic rings. The number of nitro groups is 1. The van der Waals surface area contributed by atoms with Crippen LogP contribution in [0.15, 0.2) is 18.2 Å². The first kappa shape index (κ1) is 15.9. The number of methoxy groups -OCH3 is 1. The van der Waals surface area contributed by atoms with Gasteiger partial charge in [-0.05, 0) is 12.1 Å². The summed E-state index contributed by atoms with van der Waals surface area (Å²) in [6.45, 7) is 1.43. The number of nitrogens with one attached hydrogen (secondary N) is 1. The normalized spacial score (nSPS) is 10.2. The summed E-state index contributed by atoms with van der Waals surface area (Å²) in [7, 11) is 1.56. The maximum atomic E-state index is 11.9. The standard InChI is InChI=1S/C12H17N3O5/c1-19-7-8-20-6-5-14-12(16)9-3-2-4-10(13)11(9)15(17)18/h2-4H,5-8,13H2,1H3,(H,14,16). The van der Waals surface area contributed by atoms with Gasteiger partial charge in [0.15, 0.2) is 0 Å². The largest absolute Gasteiger partial charge is 0.393 e. The van der Waals surface area contributed by atoms with Crippen molar-refractivity contribution < 1.29 is 19.2 Å². The van der Waals surface area contributed by atoms with Crippen LogP contribution in [-0.2, 0) is 9.47 Å². The van der Waals surface area contributed by atoms with Gasteiger partial charge in [-0.1, -0.05) is 6.07 Å². The van der Waals surface area contributed by atoms with Gasteiger partial charge < -0.3 is 20.5 Å². The van der Waals surface area contributed by atoms with Crippen LogP contribution in [0.3, 0.4) is 0 Å². The van der Waals surface area contributed by atoms with Crippen LogP contribution in [0, 0.1) is 10.1 Å². The van der Waals surface area contributed by atoms with Gasteiger partial charge in [-0.25, -0.2) is 0 Å². The van der Waals surface area contributed by atoms with Crippen LogP contribution in [-0.4, -0.2) is 44.3 Å². The molecule has 8 nitrogen and oxygen atoms in total. The van der Waals surface area contributed by atoms with Crippen molar-refractivity contribution in [1.29, 1.82) is 0 Å². The van der Waals surface area contributed by atoms with E-state index in [1.807, 2.05) is 0 Å². The van der Waals surface area contributed by atoms with E-state index in [0.29, 0.717) is 19.8 Å². The SMILES string of the molecule is COCCOCCNC(=O)c1cccc(N)c1[N+](=O)[O-]. The monoisotopic (exact) mass is 283 g/mol. The first-order chi connectivity index (χ1) is 9.57. The van der Waals surface area contributed by atoms with Gasteiger partial charge in [0.2, 0.25) is 0 Å². The summed E-state index contributed by atoms with van der Waals surface area (Å²) in [5.41, 5.74) is 5.02. The molecule has 0 atom stereocenters. The number of rotatable bonds is 8. The molecule has 8 heteroatoms. The number of carbonyl (C=O) groups is 1. The van der Waals surface area contributed by atoms with Gasteiger partial charge >= 0.3 is 5.69 Å². The minimum absolute atomic E-state index is 0.0426. The molecular weight excluding hydrogens is 266 g/mol. The van der Waals surface area contributed by atoms with Crippen molar-refractivity contribution in [3.63, 3.8) is 0 Å². The highest BCUT2D eigenvalue weighted by Crippen LogP contribution is 2.25. The Hall–Kier alpha value is -2.19. The topological polar surface area (TPSA) is 117 Å². The summed E-state index contributed by atoms with van der Waals surface area (Å²) < 4.78 is 9.96. The number of nitro benzene ring substituents is 1. The predicted molar refractivity (Wildman–Crippen MR) is 72.5 cm³/mol. The zero-order valence-electron chi connectivity index (χ0n) is 11.1. The van der Waals surface area contributed by atoms with Crippen molar-refractivity contribution in [3.05, 3.63) is 33.9 Å². The number of ether oxygens (including phenoxy) is 2. The molecule has 110 valence electrons. The van der Waals surface area contributed by atoms with E-state index in [0.717, 1.165) is 0 Å². The van der Waals surface area contributed by atoms with E-state index in [1.165, 1.54) is 18.2 Å². The molecule has 0 saturated heterocycles. The Labute approximate surface area is 116 Å². The lowest BCUT2D eigenvalue weighted by atomic mass is 10.1. The van der Waals surface area contributed by atoms with Gasteiger partial charge in [0, 0.05) is 13.7 Å². The number of benzene rings is 1. The number of hydrogen-bond acceptors (Lipinski definition) is 6. The summed E-state index contributed by atoms with van der Waals surface area (Å²) >= 11 is 0. The predicted octanol–water partition coefficient (Wildman–Crippen LogP) is 0.570. The number of carbonyl (C=O) groups excluding carboxylic acids is 1. The lowest BCUT2D eigenvalue weighted by Gasteiger charge is -2.07. The number of hydrogen-bond donors (Lipinski definition) is 2. The second-order valence-corrected chi connectivity index (χ2v) is 3.86. The average molecular weight is 283 g/mol. The highest BCUT2D eigenvalue weighted by atomic mass is 16.6. The fraction of sp³-hybridized carbons (Fsp3) is 0.417. The van der Waals surface area contributed by atoms with E-state index < -0.39 is 10.8 Å². The third kappa shape index (κ3) is 4.48. The number of nitrogens with zero attached hydrogens (tertiary/aromatic N) is 1. The molecule has 0 fully saturated rings. The first-order valence-corrected chi connectivity index (χ1v) is 5.95. The van der Waals surface area contributed by atoms with Crippen LogP contribution in [0.4, 0.5) is 11.4 Å².